The SMILES string of the molecule is C=C(C)N1CCN(C(=C)c2ccc3c(Cl)cc(-c4cccc(CC)c4)nc3c2)CC1.CCCC. The van der Waals surface area contributed by atoms with Crippen LogP contribution in [0.5, 0.6) is 0 Å². The molecule has 0 aliphatic carbocycles. The summed E-state index contributed by atoms with van der Waals surface area (Å²) in [4.78, 5) is 9.61. The van der Waals surface area contributed by atoms with Crippen LogP contribution in [-0.2, 0) is 6.42 Å². The number of nitrogens with zero attached hydrogens (tertiary/aromatic N) is 3. The predicted molar refractivity (Wildman–Crippen MR) is 149 cm³/mol. The smallest absolute Gasteiger partial charge is 0.0731 e. The van der Waals surface area contributed by atoms with E-state index in [0.29, 0.717) is 0 Å². The highest BCUT2D eigenvalue weighted by molar-refractivity contribution is 6.35. The highest BCUT2D eigenvalue weighted by Crippen LogP contribution is 2.31. The van der Waals surface area contributed by atoms with Crippen LogP contribution in [0, 0.1) is 0 Å². The largest absolute Gasteiger partial charge is 0.372 e. The molecule has 0 spiro atoms. The van der Waals surface area contributed by atoms with Crippen molar-refractivity contribution in [3.05, 3.63) is 83.5 Å². The molecule has 4 rings (SSSR count). The van der Waals surface area contributed by atoms with Crippen LogP contribution in [0.2, 0.25) is 5.02 Å². The Morgan fingerprint density at radius 3 is 2.21 bits per heavy atom. The Hall–Kier alpha value is -2.78. The molecule has 1 aromatic heterocycles. The summed E-state index contributed by atoms with van der Waals surface area (Å²) in [5.41, 5.74) is 7.45. The van der Waals surface area contributed by atoms with Gasteiger partial charge in [0.05, 0.1) is 16.2 Å². The third kappa shape index (κ3) is 6.21. The second-order valence-corrected chi connectivity index (χ2v) is 9.34. The normalized spacial score (nSPS) is 13.4. The van der Waals surface area contributed by atoms with E-state index >= 15 is 0 Å². The highest BCUT2D eigenvalue weighted by atomic mass is 35.5. The zero-order valence-electron chi connectivity index (χ0n) is 21.2. The standard InChI is InChI=1S/C26H28ClN3.C4H10/c1-5-20-7-6-8-22(15-20)25-17-24(27)23-10-9-21(16-26(23)28-25)19(4)30-13-11-29(12-14-30)18(2)3;1-3-4-2/h6-10,15-17H,2,4-5,11-14H2,1,3H3;3-4H2,1-2H3. The van der Waals surface area contributed by atoms with Crippen LogP contribution in [0.25, 0.3) is 27.9 Å². The van der Waals surface area contributed by atoms with Crippen LogP contribution >= 0.6 is 11.6 Å². The monoisotopic (exact) mass is 475 g/mol. The van der Waals surface area contributed by atoms with Gasteiger partial charge in [0, 0.05) is 48.5 Å². The number of allylic oxidation sites excluding steroid dienone is 1. The van der Waals surface area contributed by atoms with Gasteiger partial charge in [0.1, 0.15) is 0 Å². The molecule has 2 heterocycles. The number of halogens is 1. The number of pyridine rings is 1. The second-order valence-electron chi connectivity index (χ2n) is 8.93. The van der Waals surface area contributed by atoms with Gasteiger partial charge in [-0.1, -0.05) is 88.7 Å². The lowest BCUT2D eigenvalue weighted by Crippen LogP contribution is -2.44. The van der Waals surface area contributed by atoms with Crippen molar-refractivity contribution in [2.24, 2.45) is 0 Å². The maximum Gasteiger partial charge on any atom is 0.0731 e. The Morgan fingerprint density at radius 2 is 1.59 bits per heavy atom. The molecule has 0 amide bonds. The Morgan fingerprint density at radius 1 is 0.912 bits per heavy atom. The van der Waals surface area contributed by atoms with E-state index in [-0.39, 0.29) is 0 Å². The number of rotatable bonds is 6. The molecule has 0 N–H and O–H groups in total. The van der Waals surface area contributed by atoms with Gasteiger partial charge in [-0.3, -0.25) is 0 Å². The first-order valence-electron chi connectivity index (χ1n) is 12.4. The molecule has 0 saturated carbocycles. The first-order valence-corrected chi connectivity index (χ1v) is 12.8. The minimum absolute atomic E-state index is 0.726. The Balaban J connectivity index is 0.000000751. The molecule has 34 heavy (non-hydrogen) atoms. The molecule has 0 atom stereocenters. The molecule has 3 nitrogen and oxygen atoms in total. The Labute approximate surface area is 210 Å². The number of piperazine rings is 1. The van der Waals surface area contributed by atoms with Crippen LogP contribution in [0.3, 0.4) is 0 Å². The van der Waals surface area contributed by atoms with E-state index in [1.54, 1.807) is 0 Å². The lowest BCUT2D eigenvalue weighted by atomic mass is 10.0. The van der Waals surface area contributed by atoms with Gasteiger partial charge in [0.2, 0.25) is 0 Å². The zero-order chi connectivity index (χ0) is 24.7. The van der Waals surface area contributed by atoms with Crippen molar-refractivity contribution in [2.75, 3.05) is 26.2 Å². The maximum atomic E-state index is 6.63. The number of unbranched alkanes of at least 4 members (excludes halogenated alkanes) is 1. The number of benzene rings is 2. The molecular weight excluding hydrogens is 438 g/mol. The fourth-order valence-electron chi connectivity index (χ4n) is 4.00. The van der Waals surface area contributed by atoms with E-state index in [1.165, 1.54) is 18.4 Å². The summed E-state index contributed by atoms with van der Waals surface area (Å²) in [7, 11) is 0. The lowest BCUT2D eigenvalue weighted by Gasteiger charge is -2.38. The van der Waals surface area contributed by atoms with Crippen LogP contribution in [0.4, 0.5) is 0 Å². The summed E-state index contributed by atoms with van der Waals surface area (Å²) in [5.74, 6) is 0. The molecular formula is C30H38ClN3. The van der Waals surface area contributed by atoms with Crippen molar-refractivity contribution in [3.63, 3.8) is 0 Å². The van der Waals surface area contributed by atoms with E-state index in [1.807, 2.05) is 6.07 Å². The quantitative estimate of drug-likeness (QED) is 0.359. The summed E-state index contributed by atoms with van der Waals surface area (Å²) in [6.07, 6.45) is 3.64. The minimum atomic E-state index is 0.726. The number of aryl methyl sites for hydroxylation is 1. The van der Waals surface area contributed by atoms with Crippen molar-refractivity contribution in [2.45, 2.75) is 47.0 Å². The summed E-state index contributed by atoms with van der Waals surface area (Å²) in [6.45, 7) is 20.9. The van der Waals surface area contributed by atoms with Gasteiger partial charge in [-0.2, -0.15) is 0 Å². The fraction of sp³-hybridized carbons (Fsp3) is 0.367. The van der Waals surface area contributed by atoms with Crippen molar-refractivity contribution < 1.29 is 0 Å². The third-order valence-corrected chi connectivity index (χ3v) is 6.74. The minimum Gasteiger partial charge on any atom is -0.372 e. The van der Waals surface area contributed by atoms with Crippen LogP contribution in [-0.4, -0.2) is 41.0 Å². The second kappa shape index (κ2) is 12.1. The number of hydrogen-bond donors (Lipinski definition) is 0. The first kappa shape index (κ1) is 25.8. The molecule has 0 unspecified atom stereocenters. The van der Waals surface area contributed by atoms with Gasteiger partial charge >= 0.3 is 0 Å². The first-order chi connectivity index (χ1) is 16.4. The Bertz CT molecular complexity index is 1140. The summed E-state index contributed by atoms with van der Waals surface area (Å²) in [6, 6.07) is 16.7. The average Bonchev–Trinajstić information content (AvgIpc) is 2.88. The topological polar surface area (TPSA) is 19.4 Å². The van der Waals surface area contributed by atoms with E-state index in [4.69, 9.17) is 16.6 Å². The van der Waals surface area contributed by atoms with E-state index < -0.39 is 0 Å². The lowest BCUT2D eigenvalue weighted by molar-refractivity contribution is 0.215. The molecule has 4 heteroatoms. The maximum absolute atomic E-state index is 6.63. The highest BCUT2D eigenvalue weighted by Gasteiger charge is 2.19. The van der Waals surface area contributed by atoms with Crippen LogP contribution in [0.1, 0.15) is 51.7 Å². The average molecular weight is 476 g/mol. The summed E-state index contributed by atoms with van der Waals surface area (Å²) >= 11 is 6.63. The fourth-order valence-corrected chi connectivity index (χ4v) is 4.27. The molecule has 3 aromatic rings. The van der Waals surface area contributed by atoms with Gasteiger partial charge in [0.15, 0.2) is 0 Å². The molecule has 1 aliphatic heterocycles. The van der Waals surface area contributed by atoms with Gasteiger partial charge in [-0.25, -0.2) is 4.98 Å². The van der Waals surface area contributed by atoms with Gasteiger partial charge in [0.25, 0.3) is 0 Å². The molecule has 0 bridgehead atoms. The van der Waals surface area contributed by atoms with Crippen LogP contribution < -0.4 is 0 Å². The molecule has 0 radical (unpaired) electrons. The zero-order valence-corrected chi connectivity index (χ0v) is 22.0. The molecule has 2 aromatic carbocycles. The molecule has 180 valence electrons. The van der Waals surface area contributed by atoms with Gasteiger partial charge < -0.3 is 9.80 Å². The number of fused-ring (bicyclic) bond motifs is 1. The molecule has 1 aliphatic rings. The van der Waals surface area contributed by atoms with Crippen molar-refractivity contribution in [1.82, 2.24) is 14.8 Å². The van der Waals surface area contributed by atoms with E-state index in [2.05, 4.69) is 93.1 Å². The third-order valence-electron chi connectivity index (χ3n) is 6.42. The predicted octanol–water partition coefficient (Wildman–Crippen LogP) is 8.05. The van der Waals surface area contributed by atoms with Crippen molar-refractivity contribution in [3.8, 4) is 11.3 Å². The molecule has 1 saturated heterocycles. The summed E-state index contributed by atoms with van der Waals surface area (Å²) < 4.78 is 0. The Kier molecular flexibility index (Phi) is 9.18. The number of hydrogen-bond acceptors (Lipinski definition) is 3. The van der Waals surface area contributed by atoms with Crippen molar-refractivity contribution in [1.29, 1.82) is 0 Å². The van der Waals surface area contributed by atoms with Crippen LogP contribution in [0.15, 0.2) is 67.4 Å². The van der Waals surface area contributed by atoms with Gasteiger partial charge in [-0.05, 0) is 42.7 Å². The summed E-state index contributed by atoms with van der Waals surface area (Å²) in [5, 5.41) is 1.69. The van der Waals surface area contributed by atoms with E-state index in [9.17, 15) is 0 Å². The van der Waals surface area contributed by atoms with E-state index in [0.717, 1.165) is 76.7 Å². The van der Waals surface area contributed by atoms with Crippen molar-refractivity contribution >= 4 is 28.2 Å². The number of aromatic nitrogens is 1. The van der Waals surface area contributed by atoms with Gasteiger partial charge in [-0.15, -0.1) is 0 Å². The molecule has 1 fully saturated rings.